The topological polar surface area (TPSA) is 92.7 Å². The van der Waals surface area contributed by atoms with Crippen molar-refractivity contribution in [3.05, 3.63) is 18.1 Å². The molecular weight excluding hydrogens is 344 g/mol. The molecule has 0 bridgehead atoms. The van der Waals surface area contributed by atoms with Crippen molar-refractivity contribution in [1.29, 1.82) is 0 Å². The van der Waals surface area contributed by atoms with E-state index >= 15 is 0 Å². The van der Waals surface area contributed by atoms with Crippen LogP contribution in [0.2, 0.25) is 0 Å². The molecule has 1 amide bonds. The van der Waals surface area contributed by atoms with Crippen LogP contribution in [0.4, 0.5) is 5.82 Å². The molecule has 8 nitrogen and oxygen atoms in total. The van der Waals surface area contributed by atoms with Crippen molar-refractivity contribution in [2.75, 3.05) is 37.3 Å². The number of methoxy groups -OCH3 is 1. The monoisotopic (exact) mass is 366 g/mol. The average molecular weight is 366 g/mol. The van der Waals surface area contributed by atoms with Gasteiger partial charge in [0.05, 0.1) is 35.9 Å². The summed E-state index contributed by atoms with van der Waals surface area (Å²) >= 11 is 0. The SMILES string of the molecule is COC1(CC(=O)N2CC3(C2)CN(S(C)(=O)=O)c2nccnc23)CCC1. The maximum absolute atomic E-state index is 12.6. The molecule has 136 valence electrons. The van der Waals surface area contributed by atoms with Crippen molar-refractivity contribution in [2.45, 2.75) is 36.7 Å². The lowest BCUT2D eigenvalue weighted by atomic mass is 9.75. The second kappa shape index (κ2) is 5.38. The molecule has 0 N–H and O–H groups in total. The van der Waals surface area contributed by atoms with Gasteiger partial charge in [0.1, 0.15) is 0 Å². The van der Waals surface area contributed by atoms with E-state index < -0.39 is 15.4 Å². The molecule has 1 saturated heterocycles. The molecule has 1 aromatic rings. The third kappa shape index (κ3) is 2.52. The van der Waals surface area contributed by atoms with Crippen molar-refractivity contribution in [1.82, 2.24) is 14.9 Å². The summed E-state index contributed by atoms with van der Waals surface area (Å²) in [6, 6.07) is 0. The van der Waals surface area contributed by atoms with Gasteiger partial charge in [0.25, 0.3) is 0 Å². The van der Waals surface area contributed by atoms with Gasteiger partial charge < -0.3 is 9.64 Å². The normalized spacial score (nSPS) is 23.1. The summed E-state index contributed by atoms with van der Waals surface area (Å²) in [6.45, 7) is 1.25. The zero-order valence-corrected chi connectivity index (χ0v) is 15.3. The highest BCUT2D eigenvalue weighted by molar-refractivity contribution is 7.92. The first-order chi connectivity index (χ1) is 11.8. The number of hydrogen-bond donors (Lipinski definition) is 0. The zero-order valence-electron chi connectivity index (χ0n) is 14.4. The lowest BCUT2D eigenvalue weighted by molar-refractivity contribution is -0.151. The first-order valence-corrected chi connectivity index (χ1v) is 10.3. The first-order valence-electron chi connectivity index (χ1n) is 8.41. The highest BCUT2D eigenvalue weighted by Gasteiger charge is 2.56. The van der Waals surface area contributed by atoms with Gasteiger partial charge in [-0.05, 0) is 19.3 Å². The maximum Gasteiger partial charge on any atom is 0.233 e. The van der Waals surface area contributed by atoms with Gasteiger partial charge in [0.2, 0.25) is 15.9 Å². The van der Waals surface area contributed by atoms with Gasteiger partial charge in [-0.1, -0.05) is 0 Å². The van der Waals surface area contributed by atoms with Crippen LogP contribution in [0.1, 0.15) is 31.4 Å². The number of likely N-dealkylation sites (tertiary alicyclic amines) is 1. The first kappa shape index (κ1) is 16.7. The second-order valence-electron chi connectivity index (χ2n) is 7.45. The van der Waals surface area contributed by atoms with E-state index in [1.165, 1.54) is 16.8 Å². The summed E-state index contributed by atoms with van der Waals surface area (Å²) in [4.78, 5) is 23.0. The fourth-order valence-corrected chi connectivity index (χ4v) is 5.04. The van der Waals surface area contributed by atoms with E-state index in [1.807, 2.05) is 0 Å². The number of carbonyl (C=O) groups excluding carboxylic acids is 1. The fraction of sp³-hybridized carbons (Fsp3) is 0.688. The molecule has 25 heavy (non-hydrogen) atoms. The number of fused-ring (bicyclic) bond motifs is 2. The van der Waals surface area contributed by atoms with Gasteiger partial charge in [-0.15, -0.1) is 0 Å². The van der Waals surface area contributed by atoms with Crippen LogP contribution in [-0.4, -0.2) is 67.8 Å². The van der Waals surface area contributed by atoms with Crippen LogP contribution in [0.15, 0.2) is 12.4 Å². The number of carbonyl (C=O) groups is 1. The summed E-state index contributed by atoms with van der Waals surface area (Å²) in [5, 5.41) is 0. The molecule has 9 heteroatoms. The summed E-state index contributed by atoms with van der Waals surface area (Å²) in [7, 11) is -1.76. The smallest absolute Gasteiger partial charge is 0.233 e. The second-order valence-corrected chi connectivity index (χ2v) is 9.35. The number of anilines is 1. The molecule has 1 spiro atoms. The molecule has 0 atom stereocenters. The number of hydrogen-bond acceptors (Lipinski definition) is 6. The Balaban J connectivity index is 1.51. The summed E-state index contributed by atoms with van der Waals surface area (Å²) in [6.07, 6.45) is 7.57. The average Bonchev–Trinajstić information content (AvgIpc) is 2.85. The Hall–Kier alpha value is -1.74. The Kier molecular flexibility index (Phi) is 3.59. The Bertz CT molecular complexity index is 810. The van der Waals surface area contributed by atoms with Gasteiger partial charge in [0.15, 0.2) is 5.82 Å². The highest BCUT2D eigenvalue weighted by atomic mass is 32.2. The highest BCUT2D eigenvalue weighted by Crippen LogP contribution is 2.46. The molecule has 0 unspecified atom stereocenters. The quantitative estimate of drug-likeness (QED) is 0.761. The number of aromatic nitrogens is 2. The van der Waals surface area contributed by atoms with Crippen LogP contribution >= 0.6 is 0 Å². The summed E-state index contributed by atoms with van der Waals surface area (Å²) in [5.74, 6) is 0.458. The van der Waals surface area contributed by atoms with E-state index in [-0.39, 0.29) is 11.5 Å². The molecule has 1 aliphatic carbocycles. The predicted molar refractivity (Wildman–Crippen MR) is 90.7 cm³/mol. The Labute approximate surface area is 147 Å². The van der Waals surface area contributed by atoms with Crippen molar-refractivity contribution in [3.63, 3.8) is 0 Å². The number of rotatable bonds is 4. The lowest BCUT2D eigenvalue weighted by Gasteiger charge is -2.49. The minimum absolute atomic E-state index is 0.0652. The van der Waals surface area contributed by atoms with Gasteiger partial charge in [-0.2, -0.15) is 0 Å². The standard InChI is InChI=1S/C16H22N4O4S/c1-24-16(4-3-5-16)8-12(21)19-9-15(10-19)11-20(25(2,22)23)14-13(15)17-6-7-18-14/h6-7H,3-5,8-11H2,1-2H3. The molecule has 0 radical (unpaired) electrons. The van der Waals surface area contributed by atoms with Crippen LogP contribution in [0.3, 0.4) is 0 Å². The number of nitrogens with zero attached hydrogens (tertiary/aromatic N) is 4. The van der Waals surface area contributed by atoms with E-state index in [1.54, 1.807) is 18.2 Å². The molecular formula is C16H22N4O4S. The Morgan fingerprint density at radius 2 is 1.92 bits per heavy atom. The van der Waals surface area contributed by atoms with Gasteiger partial charge in [0, 0.05) is 32.6 Å². The molecule has 0 aromatic carbocycles. The van der Waals surface area contributed by atoms with Crippen LogP contribution in [0.5, 0.6) is 0 Å². The van der Waals surface area contributed by atoms with E-state index in [4.69, 9.17) is 4.74 Å². The van der Waals surface area contributed by atoms with E-state index in [2.05, 4.69) is 9.97 Å². The molecule has 4 rings (SSSR count). The molecule has 1 aromatic heterocycles. The van der Waals surface area contributed by atoms with E-state index in [9.17, 15) is 13.2 Å². The van der Waals surface area contributed by atoms with Crippen molar-refractivity contribution in [3.8, 4) is 0 Å². The number of amides is 1. The van der Waals surface area contributed by atoms with Crippen LogP contribution in [0.25, 0.3) is 0 Å². The van der Waals surface area contributed by atoms with Crippen molar-refractivity contribution >= 4 is 21.7 Å². The molecule has 1 saturated carbocycles. The van der Waals surface area contributed by atoms with Crippen LogP contribution in [-0.2, 0) is 25.0 Å². The van der Waals surface area contributed by atoms with Crippen molar-refractivity contribution in [2.24, 2.45) is 0 Å². The van der Waals surface area contributed by atoms with Gasteiger partial charge >= 0.3 is 0 Å². The molecule has 2 fully saturated rings. The number of ether oxygens (including phenoxy) is 1. The molecule has 3 aliphatic rings. The van der Waals surface area contributed by atoms with E-state index in [0.717, 1.165) is 19.3 Å². The minimum atomic E-state index is -3.42. The summed E-state index contributed by atoms with van der Waals surface area (Å²) < 4.78 is 31.0. The third-order valence-corrected chi connectivity index (χ3v) is 6.88. The van der Waals surface area contributed by atoms with Gasteiger partial charge in [-0.3, -0.25) is 14.1 Å². The van der Waals surface area contributed by atoms with Crippen LogP contribution in [0, 0.1) is 0 Å². The predicted octanol–water partition coefficient (Wildman–Crippen LogP) is 0.295. The largest absolute Gasteiger partial charge is 0.378 e. The van der Waals surface area contributed by atoms with Crippen molar-refractivity contribution < 1.29 is 17.9 Å². The van der Waals surface area contributed by atoms with E-state index in [0.29, 0.717) is 37.6 Å². The fourth-order valence-electron chi connectivity index (χ4n) is 4.11. The lowest BCUT2D eigenvalue weighted by Crippen LogP contribution is -2.64. The number of sulfonamides is 1. The minimum Gasteiger partial charge on any atom is -0.378 e. The Morgan fingerprint density at radius 1 is 1.24 bits per heavy atom. The maximum atomic E-state index is 12.6. The molecule has 3 heterocycles. The third-order valence-electron chi connectivity index (χ3n) is 5.78. The van der Waals surface area contributed by atoms with Crippen LogP contribution < -0.4 is 4.31 Å². The van der Waals surface area contributed by atoms with Gasteiger partial charge in [-0.25, -0.2) is 13.4 Å². The Morgan fingerprint density at radius 3 is 2.48 bits per heavy atom. The summed E-state index contributed by atoms with van der Waals surface area (Å²) in [5.41, 5.74) is -0.0663. The molecule has 2 aliphatic heterocycles. The zero-order chi connectivity index (χ0) is 17.9.